The van der Waals surface area contributed by atoms with Crippen LogP contribution in [0.1, 0.15) is 22.3 Å². The molecule has 0 aromatic heterocycles. The van der Waals surface area contributed by atoms with Gasteiger partial charge in [0.25, 0.3) is 5.91 Å². The molecule has 1 aliphatic rings. The zero-order valence-electron chi connectivity index (χ0n) is 10.2. The molecule has 1 aromatic rings. The third-order valence-corrected chi connectivity index (χ3v) is 3.27. The van der Waals surface area contributed by atoms with Crippen LogP contribution in [-0.4, -0.2) is 35.6 Å². The molecule has 1 fully saturated rings. The highest BCUT2D eigenvalue weighted by Crippen LogP contribution is 2.30. The van der Waals surface area contributed by atoms with Crippen LogP contribution in [0.5, 0.6) is 0 Å². The van der Waals surface area contributed by atoms with Gasteiger partial charge in [0.15, 0.2) is 0 Å². The Morgan fingerprint density at radius 1 is 1.42 bits per heavy atom. The fraction of sp³-hybridized carbons (Fsp3) is 0.462. The van der Waals surface area contributed by atoms with E-state index in [4.69, 9.17) is 5.11 Å². The lowest BCUT2D eigenvalue weighted by atomic mass is 10.1. The smallest absolute Gasteiger partial charge is 0.396 e. The van der Waals surface area contributed by atoms with Crippen LogP contribution >= 0.6 is 0 Å². The van der Waals surface area contributed by atoms with Gasteiger partial charge < -0.3 is 10.0 Å². The summed E-state index contributed by atoms with van der Waals surface area (Å²) < 4.78 is 37.7. The van der Waals surface area contributed by atoms with Crippen LogP contribution < -0.4 is 0 Å². The molecular weight excluding hydrogens is 259 g/mol. The van der Waals surface area contributed by atoms with E-state index in [9.17, 15) is 18.0 Å². The maximum absolute atomic E-state index is 12.6. The normalized spacial score (nSPS) is 19.8. The second-order valence-corrected chi connectivity index (χ2v) is 4.67. The zero-order chi connectivity index (χ0) is 14.0. The maximum atomic E-state index is 12.6. The fourth-order valence-corrected chi connectivity index (χ4v) is 2.18. The number of amides is 1. The van der Waals surface area contributed by atoms with Gasteiger partial charge in [0.2, 0.25) is 0 Å². The first-order valence-electron chi connectivity index (χ1n) is 5.99. The lowest BCUT2D eigenvalue weighted by Gasteiger charge is -2.17. The third kappa shape index (κ3) is 3.07. The zero-order valence-corrected chi connectivity index (χ0v) is 10.2. The molecule has 3 nitrogen and oxygen atoms in total. The van der Waals surface area contributed by atoms with Gasteiger partial charge in [0.1, 0.15) is 0 Å². The number of hydrogen-bond acceptors (Lipinski definition) is 2. The molecule has 1 aliphatic heterocycles. The van der Waals surface area contributed by atoms with E-state index in [2.05, 4.69) is 0 Å². The van der Waals surface area contributed by atoms with Crippen molar-refractivity contribution >= 4 is 5.91 Å². The molecule has 1 aromatic carbocycles. The average molecular weight is 273 g/mol. The number of halogens is 3. The minimum absolute atomic E-state index is 0.00757. The van der Waals surface area contributed by atoms with E-state index in [0.717, 1.165) is 12.1 Å². The number of benzene rings is 1. The van der Waals surface area contributed by atoms with Gasteiger partial charge in [-0.15, -0.1) is 0 Å². The Hall–Kier alpha value is -1.56. The molecule has 1 amide bonds. The van der Waals surface area contributed by atoms with E-state index in [-0.39, 0.29) is 18.1 Å². The summed E-state index contributed by atoms with van der Waals surface area (Å²) in [5.41, 5.74) is -0.787. The average Bonchev–Trinajstić information content (AvgIpc) is 2.86. The molecule has 0 spiro atoms. The minimum atomic E-state index is -4.45. The molecule has 2 rings (SSSR count). The molecule has 1 unspecified atom stereocenters. The first kappa shape index (κ1) is 13.9. The molecular formula is C13H14F3NO2. The Kier molecular flexibility index (Phi) is 3.80. The van der Waals surface area contributed by atoms with Gasteiger partial charge in [-0.2, -0.15) is 13.2 Å². The lowest BCUT2D eigenvalue weighted by molar-refractivity contribution is -0.137. The van der Waals surface area contributed by atoms with Crippen molar-refractivity contribution in [2.75, 3.05) is 19.7 Å². The van der Waals surface area contributed by atoms with Crippen molar-refractivity contribution in [1.82, 2.24) is 4.90 Å². The highest BCUT2D eigenvalue weighted by molar-refractivity contribution is 5.94. The van der Waals surface area contributed by atoms with Crippen molar-refractivity contribution < 1.29 is 23.1 Å². The first-order valence-corrected chi connectivity index (χ1v) is 5.99. The molecule has 0 aliphatic carbocycles. The Bertz CT molecular complexity index is 473. The SMILES string of the molecule is O=C(c1cccc(C(F)(F)F)c1)N1CCC(CO)C1. The number of likely N-dealkylation sites (tertiary alicyclic amines) is 1. The summed E-state index contributed by atoms with van der Waals surface area (Å²) in [6.07, 6.45) is -3.77. The maximum Gasteiger partial charge on any atom is 0.416 e. The van der Waals surface area contributed by atoms with E-state index >= 15 is 0 Å². The Morgan fingerprint density at radius 2 is 2.16 bits per heavy atom. The number of nitrogens with zero attached hydrogens (tertiary/aromatic N) is 1. The van der Waals surface area contributed by atoms with E-state index in [1.165, 1.54) is 17.0 Å². The van der Waals surface area contributed by atoms with Crippen molar-refractivity contribution in [3.8, 4) is 0 Å². The van der Waals surface area contributed by atoms with Crippen LogP contribution in [0, 0.1) is 5.92 Å². The number of aliphatic hydroxyl groups is 1. The Balaban J connectivity index is 2.16. The molecule has 19 heavy (non-hydrogen) atoms. The second-order valence-electron chi connectivity index (χ2n) is 4.67. The van der Waals surface area contributed by atoms with Gasteiger partial charge in [-0.1, -0.05) is 6.07 Å². The molecule has 0 bridgehead atoms. The van der Waals surface area contributed by atoms with Crippen molar-refractivity contribution in [2.45, 2.75) is 12.6 Å². The summed E-state index contributed by atoms with van der Waals surface area (Å²) in [5.74, 6) is -0.392. The van der Waals surface area contributed by atoms with Crippen molar-refractivity contribution in [2.24, 2.45) is 5.92 Å². The molecule has 104 valence electrons. The van der Waals surface area contributed by atoms with Crippen molar-refractivity contribution in [3.63, 3.8) is 0 Å². The summed E-state index contributed by atoms with van der Waals surface area (Å²) in [6.45, 7) is 0.859. The molecule has 1 atom stereocenters. The predicted octanol–water partition coefficient (Wildman–Crippen LogP) is 2.16. The summed E-state index contributed by atoms with van der Waals surface area (Å²) in [4.78, 5) is 13.5. The molecule has 0 saturated carbocycles. The van der Waals surface area contributed by atoms with E-state index in [1.807, 2.05) is 0 Å². The van der Waals surface area contributed by atoms with E-state index in [1.54, 1.807) is 0 Å². The predicted molar refractivity (Wildman–Crippen MR) is 62.5 cm³/mol. The monoisotopic (exact) mass is 273 g/mol. The lowest BCUT2D eigenvalue weighted by Crippen LogP contribution is -2.29. The summed E-state index contributed by atoms with van der Waals surface area (Å²) in [7, 11) is 0. The van der Waals surface area contributed by atoms with Crippen LogP contribution in [0.25, 0.3) is 0 Å². The summed E-state index contributed by atoms with van der Waals surface area (Å²) in [6, 6.07) is 4.42. The number of carbonyl (C=O) groups is 1. The molecule has 1 heterocycles. The second kappa shape index (κ2) is 5.21. The van der Waals surface area contributed by atoms with Crippen LogP contribution in [0.3, 0.4) is 0 Å². The van der Waals surface area contributed by atoms with Crippen LogP contribution in [-0.2, 0) is 6.18 Å². The first-order chi connectivity index (χ1) is 8.91. The van der Waals surface area contributed by atoms with Gasteiger partial charge in [-0.25, -0.2) is 0 Å². The van der Waals surface area contributed by atoms with E-state index in [0.29, 0.717) is 19.5 Å². The van der Waals surface area contributed by atoms with Crippen LogP contribution in [0.15, 0.2) is 24.3 Å². The van der Waals surface area contributed by atoms with Gasteiger partial charge in [0, 0.05) is 31.2 Å². The number of aliphatic hydroxyl groups excluding tert-OH is 1. The largest absolute Gasteiger partial charge is 0.416 e. The van der Waals surface area contributed by atoms with Gasteiger partial charge in [-0.3, -0.25) is 4.79 Å². The standard InChI is InChI=1S/C13H14F3NO2/c14-13(15,16)11-3-1-2-10(6-11)12(19)17-5-4-9(7-17)8-18/h1-3,6,9,18H,4-5,7-8H2. The highest BCUT2D eigenvalue weighted by Gasteiger charge is 2.32. The fourth-order valence-electron chi connectivity index (χ4n) is 2.18. The third-order valence-electron chi connectivity index (χ3n) is 3.27. The van der Waals surface area contributed by atoms with E-state index < -0.39 is 17.6 Å². The van der Waals surface area contributed by atoms with Crippen LogP contribution in [0.4, 0.5) is 13.2 Å². The number of carbonyl (C=O) groups excluding carboxylic acids is 1. The Labute approximate surface area is 108 Å². The number of alkyl halides is 3. The van der Waals surface area contributed by atoms with Gasteiger partial charge in [0.05, 0.1) is 5.56 Å². The molecule has 6 heteroatoms. The summed E-state index contributed by atoms with van der Waals surface area (Å²) in [5, 5.41) is 9.00. The number of hydrogen-bond donors (Lipinski definition) is 1. The van der Waals surface area contributed by atoms with Gasteiger partial charge in [-0.05, 0) is 24.6 Å². The topological polar surface area (TPSA) is 40.5 Å². The molecule has 1 saturated heterocycles. The highest BCUT2D eigenvalue weighted by atomic mass is 19.4. The quantitative estimate of drug-likeness (QED) is 0.897. The van der Waals surface area contributed by atoms with Crippen molar-refractivity contribution in [3.05, 3.63) is 35.4 Å². The van der Waals surface area contributed by atoms with Crippen LogP contribution in [0.2, 0.25) is 0 Å². The molecule has 0 radical (unpaired) electrons. The number of rotatable bonds is 2. The summed E-state index contributed by atoms with van der Waals surface area (Å²) >= 11 is 0. The minimum Gasteiger partial charge on any atom is -0.396 e. The Morgan fingerprint density at radius 3 is 2.74 bits per heavy atom. The van der Waals surface area contributed by atoms with Crippen molar-refractivity contribution in [1.29, 1.82) is 0 Å². The van der Waals surface area contributed by atoms with Gasteiger partial charge >= 0.3 is 6.18 Å². The molecule has 1 N–H and O–H groups in total.